The fourth-order valence-corrected chi connectivity index (χ4v) is 1.48. The van der Waals surface area contributed by atoms with Gasteiger partial charge >= 0.3 is 0 Å². The van der Waals surface area contributed by atoms with E-state index in [4.69, 9.17) is 0 Å². The third-order valence-electron chi connectivity index (χ3n) is 2.51. The molecule has 3 heteroatoms. The highest BCUT2D eigenvalue weighted by molar-refractivity contribution is 5.54. The average molecular weight is 189 g/mol. The van der Waals surface area contributed by atoms with Gasteiger partial charge in [-0.2, -0.15) is 0 Å². The van der Waals surface area contributed by atoms with Crippen molar-refractivity contribution in [2.45, 2.75) is 20.3 Å². The number of aryl methyl sites for hydroxylation is 3. The Morgan fingerprint density at radius 3 is 2.71 bits per heavy atom. The van der Waals surface area contributed by atoms with Crippen LogP contribution < -0.4 is 0 Å². The maximum atomic E-state index is 4.46. The molecule has 0 saturated carbocycles. The Bertz CT molecular complexity index is 418. The molecule has 14 heavy (non-hydrogen) atoms. The van der Waals surface area contributed by atoms with Crippen LogP contribution in [-0.2, 0) is 13.5 Å². The summed E-state index contributed by atoms with van der Waals surface area (Å²) < 4.78 is 2.03. The second-order valence-electron chi connectivity index (χ2n) is 3.54. The minimum absolute atomic E-state index is 1.02. The van der Waals surface area contributed by atoms with E-state index in [1.165, 1.54) is 5.69 Å². The van der Waals surface area contributed by atoms with Gasteiger partial charge in [0.05, 0.1) is 5.69 Å². The van der Waals surface area contributed by atoms with Gasteiger partial charge in [-0.25, -0.2) is 4.98 Å². The third-order valence-corrected chi connectivity index (χ3v) is 2.51. The van der Waals surface area contributed by atoms with Gasteiger partial charge in [-0.3, -0.25) is 0 Å². The maximum Gasteiger partial charge on any atom is 0.106 e. The van der Waals surface area contributed by atoms with E-state index in [9.17, 15) is 0 Å². The van der Waals surface area contributed by atoms with E-state index in [-0.39, 0.29) is 0 Å². The van der Waals surface area contributed by atoms with Crippen molar-refractivity contribution in [3.8, 4) is 11.4 Å². The first-order valence-electron chi connectivity index (χ1n) is 4.89. The smallest absolute Gasteiger partial charge is 0.106 e. The number of rotatable bonds is 2. The largest absolute Gasteiger partial charge is 0.357 e. The van der Waals surface area contributed by atoms with Crippen molar-refractivity contribution in [2.75, 3.05) is 0 Å². The van der Waals surface area contributed by atoms with Gasteiger partial charge in [-0.1, -0.05) is 6.92 Å². The Morgan fingerprint density at radius 1 is 1.43 bits per heavy atom. The van der Waals surface area contributed by atoms with E-state index in [0.29, 0.717) is 0 Å². The van der Waals surface area contributed by atoms with E-state index in [2.05, 4.69) is 29.0 Å². The Kier molecular flexibility index (Phi) is 2.15. The molecule has 3 nitrogen and oxygen atoms in total. The lowest BCUT2D eigenvalue weighted by Gasteiger charge is -1.90. The zero-order valence-corrected chi connectivity index (χ0v) is 8.83. The molecule has 0 atom stereocenters. The summed E-state index contributed by atoms with van der Waals surface area (Å²) in [7, 11) is 2.01. The van der Waals surface area contributed by atoms with Crippen LogP contribution in [0.25, 0.3) is 11.4 Å². The van der Waals surface area contributed by atoms with Crippen molar-refractivity contribution >= 4 is 0 Å². The van der Waals surface area contributed by atoms with Crippen molar-refractivity contribution in [3.05, 3.63) is 29.8 Å². The van der Waals surface area contributed by atoms with Crippen LogP contribution in [0.2, 0.25) is 0 Å². The molecule has 0 radical (unpaired) electrons. The summed E-state index contributed by atoms with van der Waals surface area (Å²) >= 11 is 0. The Hall–Kier alpha value is -1.51. The molecular formula is C11H15N3. The first-order valence-corrected chi connectivity index (χ1v) is 4.89. The first kappa shape index (κ1) is 9.06. The number of aromatic nitrogens is 3. The fraction of sp³-hybridized carbons (Fsp3) is 0.364. The highest BCUT2D eigenvalue weighted by Gasteiger charge is 2.05. The van der Waals surface area contributed by atoms with Gasteiger partial charge in [0.1, 0.15) is 11.5 Å². The predicted molar refractivity (Wildman–Crippen MR) is 57.1 cm³/mol. The fourth-order valence-electron chi connectivity index (χ4n) is 1.48. The second-order valence-corrected chi connectivity index (χ2v) is 3.54. The van der Waals surface area contributed by atoms with Gasteiger partial charge in [0.2, 0.25) is 0 Å². The zero-order chi connectivity index (χ0) is 10.1. The van der Waals surface area contributed by atoms with Crippen molar-refractivity contribution in [1.82, 2.24) is 14.5 Å². The van der Waals surface area contributed by atoms with Gasteiger partial charge in [-0.15, -0.1) is 0 Å². The lowest BCUT2D eigenvalue weighted by Crippen LogP contribution is -1.86. The molecule has 0 spiro atoms. The third kappa shape index (κ3) is 1.45. The summed E-state index contributed by atoms with van der Waals surface area (Å²) in [6.45, 7) is 4.15. The van der Waals surface area contributed by atoms with Gasteiger partial charge in [-0.05, 0) is 25.5 Å². The molecule has 0 fully saturated rings. The monoisotopic (exact) mass is 189 g/mol. The molecule has 0 aliphatic rings. The summed E-state index contributed by atoms with van der Waals surface area (Å²) in [5.41, 5.74) is 3.37. The summed E-state index contributed by atoms with van der Waals surface area (Å²) in [6.07, 6.45) is 3.08. The molecule has 0 unspecified atom stereocenters. The molecule has 0 aliphatic heterocycles. The average Bonchev–Trinajstić information content (AvgIpc) is 2.74. The van der Waals surface area contributed by atoms with Crippen molar-refractivity contribution < 1.29 is 0 Å². The van der Waals surface area contributed by atoms with Crippen LogP contribution >= 0.6 is 0 Å². The number of nitrogens with zero attached hydrogens (tertiary/aromatic N) is 2. The van der Waals surface area contributed by atoms with E-state index in [1.54, 1.807) is 0 Å². The molecule has 0 saturated heterocycles. The van der Waals surface area contributed by atoms with Gasteiger partial charge in [0.25, 0.3) is 0 Å². The molecule has 74 valence electrons. The summed E-state index contributed by atoms with van der Waals surface area (Å²) in [6, 6.07) is 4.19. The Morgan fingerprint density at radius 2 is 2.21 bits per heavy atom. The van der Waals surface area contributed by atoms with E-state index < -0.39 is 0 Å². The topological polar surface area (TPSA) is 33.6 Å². The number of hydrogen-bond acceptors (Lipinski definition) is 1. The van der Waals surface area contributed by atoms with E-state index in [1.807, 2.05) is 24.7 Å². The summed E-state index contributed by atoms with van der Waals surface area (Å²) in [4.78, 5) is 7.80. The van der Waals surface area contributed by atoms with Gasteiger partial charge in [0.15, 0.2) is 0 Å². The minimum atomic E-state index is 1.02. The lowest BCUT2D eigenvalue weighted by molar-refractivity contribution is 0.858. The van der Waals surface area contributed by atoms with Crippen molar-refractivity contribution in [1.29, 1.82) is 0 Å². The number of H-pyrrole nitrogens is 1. The van der Waals surface area contributed by atoms with Crippen molar-refractivity contribution in [3.63, 3.8) is 0 Å². The van der Waals surface area contributed by atoms with Crippen LogP contribution in [0, 0.1) is 6.92 Å². The molecule has 0 amide bonds. The zero-order valence-electron chi connectivity index (χ0n) is 8.83. The standard InChI is InChI=1S/C11H15N3/c1-4-9-5-6-10(13-9)11-7-14(3)8(2)12-11/h5-7,13H,4H2,1-3H3. The molecule has 2 rings (SSSR count). The molecule has 0 bridgehead atoms. The second kappa shape index (κ2) is 3.33. The highest BCUT2D eigenvalue weighted by atomic mass is 15.0. The quantitative estimate of drug-likeness (QED) is 0.772. The van der Waals surface area contributed by atoms with Gasteiger partial charge < -0.3 is 9.55 Å². The molecule has 2 aromatic rings. The number of imidazole rings is 1. The van der Waals surface area contributed by atoms with Crippen LogP contribution in [-0.4, -0.2) is 14.5 Å². The summed E-state index contributed by atoms with van der Waals surface area (Å²) in [5, 5.41) is 0. The van der Waals surface area contributed by atoms with Crippen LogP contribution in [0.3, 0.4) is 0 Å². The van der Waals surface area contributed by atoms with Crippen LogP contribution in [0.1, 0.15) is 18.4 Å². The van der Waals surface area contributed by atoms with Gasteiger partial charge in [0, 0.05) is 18.9 Å². The highest BCUT2D eigenvalue weighted by Crippen LogP contribution is 2.17. The van der Waals surface area contributed by atoms with Crippen LogP contribution in [0.15, 0.2) is 18.3 Å². The van der Waals surface area contributed by atoms with Crippen LogP contribution in [0.5, 0.6) is 0 Å². The lowest BCUT2D eigenvalue weighted by atomic mass is 10.3. The Labute approximate surface area is 83.8 Å². The van der Waals surface area contributed by atoms with E-state index >= 15 is 0 Å². The molecular weight excluding hydrogens is 174 g/mol. The van der Waals surface area contributed by atoms with E-state index in [0.717, 1.165) is 23.6 Å². The molecule has 0 aliphatic carbocycles. The SMILES string of the molecule is CCc1ccc(-c2cn(C)c(C)n2)[nH]1. The molecule has 1 N–H and O–H groups in total. The van der Waals surface area contributed by atoms with Crippen LogP contribution in [0.4, 0.5) is 0 Å². The number of nitrogens with one attached hydrogen (secondary N) is 1. The molecule has 2 heterocycles. The number of aromatic amines is 1. The molecule has 0 aromatic carbocycles. The molecule has 2 aromatic heterocycles. The first-order chi connectivity index (χ1) is 6.70. The predicted octanol–water partition coefficient (Wildman–Crippen LogP) is 2.29. The van der Waals surface area contributed by atoms with Crippen molar-refractivity contribution in [2.24, 2.45) is 7.05 Å². The normalized spacial score (nSPS) is 10.8. The summed E-state index contributed by atoms with van der Waals surface area (Å²) in [5.74, 6) is 1.03. The maximum absolute atomic E-state index is 4.46. The number of hydrogen-bond donors (Lipinski definition) is 1. The Balaban J connectivity index is 2.39. The minimum Gasteiger partial charge on any atom is -0.357 e.